The van der Waals surface area contributed by atoms with Crippen molar-refractivity contribution < 1.29 is 4.79 Å². The molecule has 2 aliphatic rings. The second-order valence-corrected chi connectivity index (χ2v) is 3.68. The van der Waals surface area contributed by atoms with Gasteiger partial charge >= 0.3 is 0 Å². The molecule has 1 nitrogen and oxygen atoms in total. The molecule has 0 aromatic heterocycles. The van der Waals surface area contributed by atoms with E-state index in [1.54, 1.807) is 6.08 Å². The normalized spacial score (nSPS) is 41.2. The number of allylic oxidation sites excluding steroid dienone is 4. The molecular weight excluding hydrogens is 136 g/mol. The molecule has 0 heterocycles. The Hall–Kier alpha value is -0.850. The van der Waals surface area contributed by atoms with Crippen LogP contribution < -0.4 is 0 Å². The van der Waals surface area contributed by atoms with Crippen LogP contribution in [-0.4, -0.2) is 5.78 Å². The summed E-state index contributed by atoms with van der Waals surface area (Å²) in [4.78, 5) is 11.1. The van der Waals surface area contributed by atoms with Crippen molar-refractivity contribution in [2.45, 2.75) is 19.8 Å². The Morgan fingerprint density at radius 2 is 2.27 bits per heavy atom. The molecule has 0 aromatic rings. The number of carbonyl (C=O) groups excluding carboxylic acids is 1. The molecule has 0 saturated heterocycles. The standard InChI is InChI=1S/C10H12O/c1-8-7-10(4-2-5-10)6-3-9(8)11/h2-4,6,8H,5,7H2,1H3. The van der Waals surface area contributed by atoms with Crippen molar-refractivity contribution in [1.82, 2.24) is 0 Å². The van der Waals surface area contributed by atoms with Crippen molar-refractivity contribution in [1.29, 1.82) is 0 Å². The third-order valence-corrected chi connectivity index (χ3v) is 2.70. The van der Waals surface area contributed by atoms with Gasteiger partial charge in [-0.05, 0) is 18.9 Å². The van der Waals surface area contributed by atoms with Crippen LogP contribution in [0.3, 0.4) is 0 Å². The van der Waals surface area contributed by atoms with Crippen LogP contribution in [0.1, 0.15) is 19.8 Å². The third-order valence-electron chi connectivity index (χ3n) is 2.70. The van der Waals surface area contributed by atoms with Gasteiger partial charge in [0.05, 0.1) is 0 Å². The van der Waals surface area contributed by atoms with Gasteiger partial charge in [0.15, 0.2) is 5.78 Å². The number of carbonyl (C=O) groups is 1. The van der Waals surface area contributed by atoms with Crippen molar-refractivity contribution in [3.63, 3.8) is 0 Å². The average molecular weight is 148 g/mol. The molecule has 1 spiro atoms. The second kappa shape index (κ2) is 2.07. The molecule has 0 radical (unpaired) electrons. The Morgan fingerprint density at radius 1 is 1.55 bits per heavy atom. The Kier molecular flexibility index (Phi) is 1.28. The molecule has 0 amide bonds. The molecule has 58 valence electrons. The Bertz CT molecular complexity index is 250. The van der Waals surface area contributed by atoms with E-state index in [0.717, 1.165) is 12.8 Å². The summed E-state index contributed by atoms with van der Waals surface area (Å²) < 4.78 is 0. The highest BCUT2D eigenvalue weighted by Crippen LogP contribution is 2.43. The largest absolute Gasteiger partial charge is 0.295 e. The van der Waals surface area contributed by atoms with Crippen molar-refractivity contribution in [3.05, 3.63) is 24.3 Å². The van der Waals surface area contributed by atoms with Crippen LogP contribution in [0.4, 0.5) is 0 Å². The smallest absolute Gasteiger partial charge is 0.158 e. The molecule has 2 rings (SSSR count). The maximum absolute atomic E-state index is 11.1. The maximum Gasteiger partial charge on any atom is 0.158 e. The summed E-state index contributed by atoms with van der Waals surface area (Å²) >= 11 is 0. The van der Waals surface area contributed by atoms with Crippen LogP contribution in [0.25, 0.3) is 0 Å². The first-order valence-corrected chi connectivity index (χ1v) is 4.13. The lowest BCUT2D eigenvalue weighted by Gasteiger charge is -2.37. The van der Waals surface area contributed by atoms with Gasteiger partial charge in [-0.25, -0.2) is 0 Å². The van der Waals surface area contributed by atoms with Gasteiger partial charge in [0.25, 0.3) is 0 Å². The van der Waals surface area contributed by atoms with Gasteiger partial charge in [-0.3, -0.25) is 4.79 Å². The van der Waals surface area contributed by atoms with Gasteiger partial charge in [-0.2, -0.15) is 0 Å². The van der Waals surface area contributed by atoms with Gasteiger partial charge in [0, 0.05) is 11.3 Å². The monoisotopic (exact) mass is 148 g/mol. The molecule has 1 heteroatoms. The van der Waals surface area contributed by atoms with Gasteiger partial charge in [0.2, 0.25) is 0 Å². The summed E-state index contributed by atoms with van der Waals surface area (Å²) in [6.45, 7) is 2.01. The minimum absolute atomic E-state index is 0.227. The minimum atomic E-state index is 0.227. The fourth-order valence-corrected chi connectivity index (χ4v) is 1.85. The highest BCUT2D eigenvalue weighted by Gasteiger charge is 2.35. The lowest BCUT2D eigenvalue weighted by molar-refractivity contribution is -0.119. The SMILES string of the molecule is CC1CC2(C=CC2)C=CC1=O. The molecule has 11 heavy (non-hydrogen) atoms. The Labute approximate surface area is 66.8 Å². The summed E-state index contributed by atoms with van der Waals surface area (Å²) in [5.41, 5.74) is 0.271. The minimum Gasteiger partial charge on any atom is -0.295 e. The third kappa shape index (κ3) is 0.953. The average Bonchev–Trinajstić information content (AvgIpc) is 1.92. The van der Waals surface area contributed by atoms with Crippen molar-refractivity contribution in [2.24, 2.45) is 11.3 Å². The predicted molar refractivity (Wildman–Crippen MR) is 44.1 cm³/mol. The summed E-state index contributed by atoms with van der Waals surface area (Å²) in [5.74, 6) is 0.515. The fraction of sp³-hybridized carbons (Fsp3) is 0.500. The van der Waals surface area contributed by atoms with E-state index in [4.69, 9.17) is 0 Å². The molecule has 0 aromatic carbocycles. The highest BCUT2D eigenvalue weighted by molar-refractivity contribution is 5.92. The van der Waals surface area contributed by atoms with Crippen molar-refractivity contribution in [2.75, 3.05) is 0 Å². The van der Waals surface area contributed by atoms with Crippen LogP contribution in [-0.2, 0) is 4.79 Å². The maximum atomic E-state index is 11.1. The van der Waals surface area contributed by atoms with E-state index in [0.29, 0.717) is 0 Å². The van der Waals surface area contributed by atoms with E-state index < -0.39 is 0 Å². The molecule has 0 fully saturated rings. The molecule has 2 aliphatic carbocycles. The van der Waals surface area contributed by atoms with E-state index in [2.05, 4.69) is 18.2 Å². The number of rotatable bonds is 0. The van der Waals surface area contributed by atoms with Crippen LogP contribution in [0.5, 0.6) is 0 Å². The van der Waals surface area contributed by atoms with Crippen molar-refractivity contribution >= 4 is 5.78 Å². The fourth-order valence-electron chi connectivity index (χ4n) is 1.85. The van der Waals surface area contributed by atoms with E-state index in [1.807, 2.05) is 6.92 Å². The lowest BCUT2D eigenvalue weighted by Crippen LogP contribution is -2.30. The van der Waals surface area contributed by atoms with Crippen LogP contribution in [0.15, 0.2) is 24.3 Å². The molecule has 0 saturated carbocycles. The number of ketones is 1. The predicted octanol–water partition coefficient (Wildman–Crippen LogP) is 2.10. The zero-order valence-electron chi connectivity index (χ0n) is 6.71. The number of hydrogen-bond donors (Lipinski definition) is 0. The molecule has 2 atom stereocenters. The first-order chi connectivity index (χ1) is 5.22. The lowest BCUT2D eigenvalue weighted by atomic mass is 9.67. The van der Waals surface area contributed by atoms with E-state index in [9.17, 15) is 4.79 Å². The van der Waals surface area contributed by atoms with Gasteiger partial charge in [-0.1, -0.05) is 25.2 Å². The topological polar surface area (TPSA) is 17.1 Å². The summed E-state index contributed by atoms with van der Waals surface area (Å²) in [6, 6.07) is 0. The zero-order valence-corrected chi connectivity index (χ0v) is 6.71. The molecule has 0 aliphatic heterocycles. The Morgan fingerprint density at radius 3 is 2.73 bits per heavy atom. The van der Waals surface area contributed by atoms with E-state index in [1.165, 1.54) is 0 Å². The van der Waals surface area contributed by atoms with Crippen molar-refractivity contribution in [3.8, 4) is 0 Å². The van der Waals surface area contributed by atoms with Gasteiger partial charge < -0.3 is 0 Å². The molecule has 0 bridgehead atoms. The molecule has 0 N–H and O–H groups in total. The first-order valence-electron chi connectivity index (χ1n) is 4.13. The zero-order chi connectivity index (χ0) is 7.90. The quantitative estimate of drug-likeness (QED) is 0.481. The van der Waals surface area contributed by atoms with Gasteiger partial charge in [-0.15, -0.1) is 0 Å². The summed E-state index contributed by atoms with van der Waals surface area (Å²) in [6.07, 6.45) is 10.3. The number of hydrogen-bond acceptors (Lipinski definition) is 1. The van der Waals surface area contributed by atoms with E-state index >= 15 is 0 Å². The summed E-state index contributed by atoms with van der Waals surface area (Å²) in [7, 11) is 0. The first kappa shape index (κ1) is 6.84. The summed E-state index contributed by atoms with van der Waals surface area (Å²) in [5, 5.41) is 0. The second-order valence-electron chi connectivity index (χ2n) is 3.68. The molecular formula is C10H12O. The van der Waals surface area contributed by atoms with Crippen LogP contribution >= 0.6 is 0 Å². The van der Waals surface area contributed by atoms with Crippen LogP contribution in [0, 0.1) is 11.3 Å². The van der Waals surface area contributed by atoms with Crippen LogP contribution in [0.2, 0.25) is 0 Å². The Balaban J connectivity index is 2.25. The molecule has 2 unspecified atom stereocenters. The van der Waals surface area contributed by atoms with Gasteiger partial charge in [0.1, 0.15) is 0 Å². The highest BCUT2D eigenvalue weighted by atomic mass is 16.1. The van der Waals surface area contributed by atoms with E-state index in [-0.39, 0.29) is 17.1 Å².